The maximum atomic E-state index is 12.1. The van der Waals surface area contributed by atoms with Crippen LogP contribution in [0.25, 0.3) is 0 Å². The summed E-state index contributed by atoms with van der Waals surface area (Å²) in [6, 6.07) is 4.51. The van der Waals surface area contributed by atoms with Crippen molar-refractivity contribution in [1.29, 1.82) is 0 Å². The minimum absolute atomic E-state index is 0.169. The van der Waals surface area contributed by atoms with Crippen LogP contribution in [0.15, 0.2) is 23.1 Å². The number of hydrogen-bond donors (Lipinski definition) is 3. The van der Waals surface area contributed by atoms with Gasteiger partial charge in [-0.25, -0.2) is 12.7 Å². The molecule has 0 aromatic heterocycles. The first kappa shape index (κ1) is 17.7. The molecule has 0 aliphatic rings. The van der Waals surface area contributed by atoms with E-state index in [1.54, 1.807) is 6.07 Å². The molecule has 21 heavy (non-hydrogen) atoms. The van der Waals surface area contributed by atoms with E-state index in [0.717, 1.165) is 4.31 Å². The van der Waals surface area contributed by atoms with Crippen LogP contribution in [0.1, 0.15) is 20.3 Å². The lowest BCUT2D eigenvalue weighted by atomic mass is 10.1. The fraction of sp³-hybridized carbons (Fsp3) is 0.571. The Bertz CT molecular complexity index is 571. The highest BCUT2D eigenvalue weighted by atomic mass is 32.2. The predicted molar refractivity (Wildman–Crippen MR) is 85.7 cm³/mol. The summed E-state index contributed by atoms with van der Waals surface area (Å²) in [5.74, 6) is 0.389. The van der Waals surface area contributed by atoms with E-state index in [0.29, 0.717) is 30.3 Å². The molecule has 0 amide bonds. The monoisotopic (exact) mass is 315 g/mol. The van der Waals surface area contributed by atoms with E-state index in [2.05, 4.69) is 5.32 Å². The van der Waals surface area contributed by atoms with Gasteiger partial charge in [0.05, 0.1) is 22.4 Å². The third kappa shape index (κ3) is 4.87. The average molecular weight is 315 g/mol. The highest BCUT2D eigenvalue weighted by Gasteiger charge is 2.18. The van der Waals surface area contributed by atoms with Crippen LogP contribution in [0.3, 0.4) is 0 Å². The largest absolute Gasteiger partial charge is 0.397 e. The highest BCUT2D eigenvalue weighted by Crippen LogP contribution is 2.24. The van der Waals surface area contributed by atoms with Crippen LogP contribution in [0.4, 0.5) is 11.4 Å². The van der Waals surface area contributed by atoms with Crippen LogP contribution in [-0.2, 0) is 10.0 Å². The van der Waals surface area contributed by atoms with Gasteiger partial charge in [0.1, 0.15) is 0 Å². The van der Waals surface area contributed by atoms with E-state index in [9.17, 15) is 13.5 Å². The van der Waals surface area contributed by atoms with Gasteiger partial charge in [-0.05, 0) is 30.5 Å². The third-order valence-corrected chi connectivity index (χ3v) is 4.89. The summed E-state index contributed by atoms with van der Waals surface area (Å²) in [6.45, 7) is 4.39. The molecule has 1 aromatic carbocycles. The molecule has 1 unspecified atom stereocenters. The number of nitrogens with one attached hydrogen (secondary N) is 1. The average Bonchev–Trinajstić information content (AvgIpc) is 2.36. The van der Waals surface area contributed by atoms with Crippen LogP contribution >= 0.6 is 0 Å². The summed E-state index contributed by atoms with van der Waals surface area (Å²) in [7, 11) is -0.544. The molecule has 120 valence electrons. The molecule has 1 atom stereocenters. The number of nitrogens with zero attached hydrogens (tertiary/aromatic N) is 1. The van der Waals surface area contributed by atoms with E-state index < -0.39 is 16.1 Å². The van der Waals surface area contributed by atoms with Gasteiger partial charge in [-0.2, -0.15) is 0 Å². The first-order valence-electron chi connectivity index (χ1n) is 6.88. The third-order valence-electron chi connectivity index (χ3n) is 3.07. The maximum Gasteiger partial charge on any atom is 0.242 e. The van der Waals surface area contributed by atoms with Crippen molar-refractivity contribution in [1.82, 2.24) is 4.31 Å². The van der Waals surface area contributed by atoms with Crippen molar-refractivity contribution in [3.8, 4) is 0 Å². The molecule has 0 aliphatic carbocycles. The Morgan fingerprint density at radius 1 is 1.33 bits per heavy atom. The van der Waals surface area contributed by atoms with Gasteiger partial charge in [0.2, 0.25) is 10.0 Å². The molecular formula is C14H25N3O3S. The second kappa shape index (κ2) is 7.11. The number of benzene rings is 1. The van der Waals surface area contributed by atoms with Crippen molar-refractivity contribution in [3.05, 3.63) is 18.2 Å². The molecular weight excluding hydrogens is 290 g/mol. The van der Waals surface area contributed by atoms with Gasteiger partial charge in [0.15, 0.2) is 0 Å². The number of anilines is 2. The number of aliphatic hydroxyl groups is 1. The summed E-state index contributed by atoms with van der Waals surface area (Å²) in [5, 5.41) is 12.9. The fourth-order valence-electron chi connectivity index (χ4n) is 1.92. The summed E-state index contributed by atoms with van der Waals surface area (Å²) in [6.07, 6.45) is 0.168. The van der Waals surface area contributed by atoms with E-state index in [1.165, 1.54) is 26.2 Å². The second-order valence-electron chi connectivity index (χ2n) is 5.70. The normalized spacial score (nSPS) is 13.7. The van der Waals surface area contributed by atoms with Gasteiger partial charge in [-0.15, -0.1) is 0 Å². The van der Waals surface area contributed by atoms with Crippen LogP contribution in [0.2, 0.25) is 0 Å². The smallest absolute Gasteiger partial charge is 0.242 e. The van der Waals surface area contributed by atoms with Crippen LogP contribution in [-0.4, -0.2) is 44.6 Å². The lowest BCUT2D eigenvalue weighted by Crippen LogP contribution is -2.23. The molecule has 0 aliphatic heterocycles. The first-order valence-corrected chi connectivity index (χ1v) is 8.32. The lowest BCUT2D eigenvalue weighted by molar-refractivity contribution is 0.161. The zero-order chi connectivity index (χ0) is 16.2. The van der Waals surface area contributed by atoms with Crippen molar-refractivity contribution < 1.29 is 13.5 Å². The van der Waals surface area contributed by atoms with Gasteiger partial charge >= 0.3 is 0 Å². The van der Waals surface area contributed by atoms with E-state index >= 15 is 0 Å². The lowest BCUT2D eigenvalue weighted by Gasteiger charge is -2.17. The van der Waals surface area contributed by atoms with E-state index in [-0.39, 0.29) is 4.90 Å². The molecule has 1 rings (SSSR count). The topological polar surface area (TPSA) is 95.7 Å². The van der Waals surface area contributed by atoms with Gasteiger partial charge in [0, 0.05) is 20.6 Å². The molecule has 0 saturated carbocycles. The van der Waals surface area contributed by atoms with Gasteiger partial charge in [-0.1, -0.05) is 13.8 Å². The molecule has 0 spiro atoms. The van der Waals surface area contributed by atoms with Gasteiger partial charge in [0.25, 0.3) is 0 Å². The van der Waals surface area contributed by atoms with E-state index in [1.807, 2.05) is 13.8 Å². The molecule has 0 fully saturated rings. The maximum absolute atomic E-state index is 12.1. The zero-order valence-electron chi connectivity index (χ0n) is 13.0. The van der Waals surface area contributed by atoms with Crippen molar-refractivity contribution in [2.24, 2.45) is 5.92 Å². The Morgan fingerprint density at radius 2 is 1.95 bits per heavy atom. The molecule has 0 radical (unpaired) electrons. The molecule has 7 heteroatoms. The van der Waals surface area contributed by atoms with Gasteiger partial charge in [-0.3, -0.25) is 0 Å². The molecule has 1 aromatic rings. The van der Waals surface area contributed by atoms with Crippen LogP contribution in [0.5, 0.6) is 0 Å². The SMILES string of the molecule is CC(C)CC(O)CNc1cc(S(=O)(=O)N(C)C)ccc1N. The number of rotatable bonds is 7. The Hall–Kier alpha value is -1.31. The van der Waals surface area contributed by atoms with Crippen LogP contribution in [0, 0.1) is 5.92 Å². The highest BCUT2D eigenvalue weighted by molar-refractivity contribution is 7.89. The number of hydrogen-bond acceptors (Lipinski definition) is 5. The van der Waals surface area contributed by atoms with Gasteiger partial charge < -0.3 is 16.2 Å². The number of nitrogens with two attached hydrogens (primary N) is 1. The van der Waals surface area contributed by atoms with Crippen molar-refractivity contribution in [2.45, 2.75) is 31.3 Å². The van der Waals surface area contributed by atoms with Crippen molar-refractivity contribution in [2.75, 3.05) is 31.7 Å². The molecule has 0 heterocycles. The second-order valence-corrected chi connectivity index (χ2v) is 7.85. The predicted octanol–water partition coefficient (Wildman–Crippen LogP) is 1.34. The van der Waals surface area contributed by atoms with Crippen molar-refractivity contribution in [3.63, 3.8) is 0 Å². The summed E-state index contributed by atoms with van der Waals surface area (Å²) >= 11 is 0. The minimum atomic E-state index is -3.50. The van der Waals surface area contributed by atoms with E-state index in [4.69, 9.17) is 5.73 Å². The van der Waals surface area contributed by atoms with Crippen molar-refractivity contribution >= 4 is 21.4 Å². The Kier molecular flexibility index (Phi) is 6.00. The summed E-state index contributed by atoms with van der Waals surface area (Å²) in [4.78, 5) is 0.169. The number of aliphatic hydroxyl groups excluding tert-OH is 1. The minimum Gasteiger partial charge on any atom is -0.397 e. The quantitative estimate of drug-likeness (QED) is 0.660. The summed E-state index contributed by atoms with van der Waals surface area (Å²) in [5.41, 5.74) is 6.81. The number of sulfonamides is 1. The Balaban J connectivity index is 2.89. The number of nitrogen functional groups attached to an aromatic ring is 1. The van der Waals surface area contributed by atoms with Crippen LogP contribution < -0.4 is 11.1 Å². The molecule has 6 nitrogen and oxygen atoms in total. The molecule has 0 saturated heterocycles. The summed E-state index contributed by atoms with van der Waals surface area (Å²) < 4.78 is 25.3. The first-order chi connectivity index (χ1) is 9.64. The Morgan fingerprint density at radius 3 is 2.48 bits per heavy atom. The molecule has 4 N–H and O–H groups in total. The standard InChI is InChI=1S/C14H25N3O3S/c1-10(2)7-11(18)9-16-14-8-12(5-6-13(14)15)21(19,20)17(3)4/h5-6,8,10-11,16,18H,7,9,15H2,1-4H3. The Labute approximate surface area is 127 Å². The molecule has 0 bridgehead atoms. The fourth-order valence-corrected chi connectivity index (χ4v) is 2.84. The zero-order valence-corrected chi connectivity index (χ0v) is 13.8.